The lowest BCUT2D eigenvalue weighted by Crippen LogP contribution is -2.43. The van der Waals surface area contributed by atoms with Crippen molar-refractivity contribution in [2.75, 3.05) is 18.4 Å². The third-order valence-electron chi connectivity index (χ3n) is 6.99. The molecule has 0 radical (unpaired) electrons. The maximum Gasteiger partial charge on any atom is 0.410 e. The summed E-state index contributed by atoms with van der Waals surface area (Å²) in [6, 6.07) is 10.7. The van der Waals surface area contributed by atoms with E-state index in [9.17, 15) is 37.5 Å². The molecule has 2 N–H and O–H groups in total. The quantitative estimate of drug-likeness (QED) is 0.133. The van der Waals surface area contributed by atoms with Crippen molar-refractivity contribution in [3.8, 4) is 0 Å². The van der Waals surface area contributed by atoms with Crippen molar-refractivity contribution in [1.82, 2.24) is 9.80 Å². The number of non-ortho nitro benzene ring substituents is 1. The normalized spacial score (nSPS) is 16.5. The zero-order valence-electron chi connectivity index (χ0n) is 25.4. The number of anilines is 1. The van der Waals surface area contributed by atoms with E-state index in [2.05, 4.69) is 57.5 Å². The molecule has 2 aromatic rings. The van der Waals surface area contributed by atoms with Crippen LogP contribution in [-0.4, -0.2) is 76.0 Å². The number of rotatable bonds is 11. The zero-order chi connectivity index (χ0) is 33.2. The topological polar surface area (TPSA) is 176 Å². The molecule has 15 heteroatoms. The Bertz CT molecular complexity index is 1410. The highest BCUT2D eigenvalue weighted by atomic mass is 32.2. The van der Waals surface area contributed by atoms with Crippen LogP contribution in [-0.2, 0) is 31.1 Å². The molecule has 0 aromatic heterocycles. The number of ether oxygens (including phenoxy) is 1. The Morgan fingerprint density at radius 2 is 1.75 bits per heavy atom. The van der Waals surface area contributed by atoms with Gasteiger partial charge in [-0.2, -0.15) is 8.42 Å². The number of likely N-dealkylation sites (tertiary alicyclic amines) is 1. The molecule has 44 heavy (non-hydrogen) atoms. The van der Waals surface area contributed by atoms with E-state index >= 15 is 0 Å². The SMILES string of the molecule is CCN(C(C)C)C(C)C.O=C(S)C[C@@H]1C[C@@H](C(=O)Nc2cccc(S(=O)(=O)O)c2)N(C(=O)OCc2ccc([N+](=O)[O-])cc2)C1. The second-order valence-corrected chi connectivity index (χ2v) is 12.8. The molecule has 3 rings (SSSR count). The van der Waals surface area contributed by atoms with E-state index in [0.717, 1.165) is 23.6 Å². The van der Waals surface area contributed by atoms with Gasteiger partial charge in [-0.05, 0) is 82.5 Å². The Morgan fingerprint density at radius 3 is 2.23 bits per heavy atom. The summed E-state index contributed by atoms with van der Waals surface area (Å²) in [6.07, 6.45) is -0.663. The highest BCUT2D eigenvalue weighted by molar-refractivity contribution is 7.96. The van der Waals surface area contributed by atoms with Gasteiger partial charge in [0.2, 0.25) is 5.91 Å². The van der Waals surface area contributed by atoms with Crippen LogP contribution in [0, 0.1) is 16.0 Å². The number of thiol groups is 1. The Labute approximate surface area is 263 Å². The van der Waals surface area contributed by atoms with Gasteiger partial charge in [0.1, 0.15) is 12.6 Å². The van der Waals surface area contributed by atoms with Crippen molar-refractivity contribution < 1.29 is 37.0 Å². The van der Waals surface area contributed by atoms with E-state index in [1.165, 1.54) is 36.4 Å². The lowest BCUT2D eigenvalue weighted by Gasteiger charge is -2.28. The van der Waals surface area contributed by atoms with Gasteiger partial charge in [-0.3, -0.25) is 34.1 Å². The average molecular weight is 653 g/mol. The van der Waals surface area contributed by atoms with Gasteiger partial charge >= 0.3 is 6.09 Å². The summed E-state index contributed by atoms with van der Waals surface area (Å²) < 4.78 is 37.2. The summed E-state index contributed by atoms with van der Waals surface area (Å²) in [5, 5.41) is 12.9. The molecule has 0 saturated carbocycles. The fraction of sp³-hybridized carbons (Fsp3) is 0.483. The van der Waals surface area contributed by atoms with E-state index in [4.69, 9.17) is 4.74 Å². The third kappa shape index (κ3) is 11.2. The Balaban J connectivity index is 0.000000651. The third-order valence-corrected chi connectivity index (χ3v) is 8.02. The molecule has 2 amide bonds. The van der Waals surface area contributed by atoms with E-state index in [1.54, 1.807) is 0 Å². The van der Waals surface area contributed by atoms with Gasteiger partial charge in [0.15, 0.2) is 5.12 Å². The molecular weight excluding hydrogens is 612 g/mol. The first kappa shape index (κ1) is 36.7. The summed E-state index contributed by atoms with van der Waals surface area (Å²) >= 11 is 3.76. The first-order chi connectivity index (χ1) is 20.5. The number of benzene rings is 2. The summed E-state index contributed by atoms with van der Waals surface area (Å²) in [5.74, 6) is -0.995. The molecule has 2 atom stereocenters. The van der Waals surface area contributed by atoms with Crippen molar-refractivity contribution in [3.63, 3.8) is 0 Å². The molecule has 1 aliphatic heterocycles. The van der Waals surface area contributed by atoms with E-state index in [1.807, 2.05) is 0 Å². The average Bonchev–Trinajstić information content (AvgIpc) is 3.35. The summed E-state index contributed by atoms with van der Waals surface area (Å²) in [4.78, 5) is 50.6. The molecule has 242 valence electrons. The van der Waals surface area contributed by atoms with Crippen LogP contribution in [0.4, 0.5) is 16.2 Å². The summed E-state index contributed by atoms with van der Waals surface area (Å²) in [5.41, 5.74) is 0.458. The summed E-state index contributed by atoms with van der Waals surface area (Å²) in [7, 11) is -4.49. The summed E-state index contributed by atoms with van der Waals surface area (Å²) in [6.45, 7) is 12.2. The minimum Gasteiger partial charge on any atom is -0.445 e. The fourth-order valence-corrected chi connectivity index (χ4v) is 5.78. The zero-order valence-corrected chi connectivity index (χ0v) is 27.1. The van der Waals surface area contributed by atoms with Crippen LogP contribution in [0.15, 0.2) is 53.4 Å². The number of carbonyl (C=O) groups is 3. The molecule has 0 spiro atoms. The van der Waals surface area contributed by atoms with E-state index in [0.29, 0.717) is 17.6 Å². The second-order valence-electron chi connectivity index (χ2n) is 10.9. The molecule has 1 heterocycles. The highest BCUT2D eigenvalue weighted by Gasteiger charge is 2.41. The van der Waals surface area contributed by atoms with Gasteiger partial charge in [0.05, 0.1) is 9.82 Å². The minimum atomic E-state index is -4.49. The number of nitrogens with zero attached hydrogens (tertiary/aromatic N) is 3. The lowest BCUT2D eigenvalue weighted by atomic mass is 10.0. The smallest absolute Gasteiger partial charge is 0.410 e. The number of nitro benzene ring substituents is 1. The highest BCUT2D eigenvalue weighted by Crippen LogP contribution is 2.29. The molecule has 1 aliphatic rings. The molecule has 1 fully saturated rings. The van der Waals surface area contributed by atoms with Crippen molar-refractivity contribution in [2.24, 2.45) is 5.92 Å². The molecule has 0 aliphatic carbocycles. The van der Waals surface area contributed by atoms with Crippen molar-refractivity contribution in [3.05, 3.63) is 64.2 Å². The maximum atomic E-state index is 13.0. The van der Waals surface area contributed by atoms with Crippen LogP contribution < -0.4 is 5.32 Å². The molecular formula is C29H40N4O9S2. The molecule has 13 nitrogen and oxygen atoms in total. The number of hydrogen-bond acceptors (Lipinski definition) is 9. The Kier molecular flexibility index (Phi) is 13.8. The van der Waals surface area contributed by atoms with E-state index < -0.39 is 43.1 Å². The standard InChI is InChI=1S/C21H21N3O9S2.C8H19N/c25-19(34)9-14-8-18(20(26)22-15-2-1-3-17(10-15)35(30,31)32)23(11-14)21(27)33-12-13-4-6-16(7-5-13)24(28)29;1-6-9(7(2)3)8(4)5/h1-7,10,14,18H,8-9,11-12H2,(H,22,26)(H,25,34)(H,30,31,32);7-8H,6H2,1-5H3/t14-,18-;/m0./s1. The largest absolute Gasteiger partial charge is 0.445 e. The molecule has 1 saturated heterocycles. The van der Waals surface area contributed by atoms with Crippen LogP contribution in [0.3, 0.4) is 0 Å². The maximum absolute atomic E-state index is 13.0. The molecule has 2 aromatic carbocycles. The van der Waals surface area contributed by atoms with Crippen molar-refractivity contribution >= 4 is 51.2 Å². The van der Waals surface area contributed by atoms with Crippen LogP contribution in [0.2, 0.25) is 0 Å². The number of nitrogens with one attached hydrogen (secondary N) is 1. The first-order valence-electron chi connectivity index (χ1n) is 14.1. The van der Waals surface area contributed by atoms with Crippen LogP contribution >= 0.6 is 12.6 Å². The van der Waals surface area contributed by atoms with E-state index in [-0.39, 0.29) is 43.3 Å². The number of hydrogen-bond donors (Lipinski definition) is 3. The molecule has 0 bridgehead atoms. The van der Waals surface area contributed by atoms with Gasteiger partial charge in [-0.25, -0.2) is 4.79 Å². The van der Waals surface area contributed by atoms with Gasteiger partial charge < -0.3 is 10.1 Å². The van der Waals surface area contributed by atoms with Crippen molar-refractivity contribution in [1.29, 1.82) is 0 Å². The van der Waals surface area contributed by atoms with Crippen LogP contribution in [0.1, 0.15) is 53.0 Å². The number of carbonyl (C=O) groups excluding carboxylic acids is 3. The second kappa shape index (κ2) is 16.5. The lowest BCUT2D eigenvalue weighted by molar-refractivity contribution is -0.384. The Hall–Kier alpha value is -3.53. The van der Waals surface area contributed by atoms with Gasteiger partial charge in [0.25, 0.3) is 15.8 Å². The van der Waals surface area contributed by atoms with Crippen LogP contribution in [0.25, 0.3) is 0 Å². The van der Waals surface area contributed by atoms with Gasteiger partial charge in [-0.15, -0.1) is 12.6 Å². The number of amides is 2. The monoisotopic (exact) mass is 652 g/mol. The predicted octanol–water partition coefficient (Wildman–Crippen LogP) is 4.78. The van der Waals surface area contributed by atoms with Crippen molar-refractivity contribution in [2.45, 2.75) is 77.1 Å². The Morgan fingerprint density at radius 1 is 1.14 bits per heavy atom. The minimum absolute atomic E-state index is 0.0251. The first-order valence-corrected chi connectivity index (χ1v) is 15.9. The predicted molar refractivity (Wildman–Crippen MR) is 168 cm³/mol. The fourth-order valence-electron chi connectivity index (χ4n) is 5.00. The van der Waals surface area contributed by atoms with Gasteiger partial charge in [-0.1, -0.05) is 13.0 Å². The van der Waals surface area contributed by atoms with Crippen LogP contribution in [0.5, 0.6) is 0 Å². The number of nitro groups is 1. The molecule has 0 unspecified atom stereocenters. The van der Waals surface area contributed by atoms with Gasteiger partial charge in [0, 0.05) is 42.9 Å².